The van der Waals surface area contributed by atoms with Gasteiger partial charge < -0.3 is 24.7 Å². The maximum absolute atomic E-state index is 10.3. The Kier molecular flexibility index (Phi) is 13.8. The number of carbonyl (C=O) groups is 1. The van der Waals surface area contributed by atoms with E-state index in [4.69, 9.17) is 24.7 Å². The zero-order chi connectivity index (χ0) is 13.5. The van der Waals surface area contributed by atoms with E-state index in [1.165, 1.54) is 0 Å². The first-order chi connectivity index (χ1) is 8.77. The molecule has 0 aliphatic heterocycles. The summed E-state index contributed by atoms with van der Waals surface area (Å²) in [5, 5.41) is 0. The number of unbranched alkanes of at least 4 members (excludes halogenated alkanes) is 1. The predicted molar refractivity (Wildman–Crippen MR) is 67.4 cm³/mol. The van der Waals surface area contributed by atoms with Crippen molar-refractivity contribution in [1.29, 1.82) is 0 Å². The van der Waals surface area contributed by atoms with Gasteiger partial charge in [-0.3, -0.25) is 4.79 Å². The van der Waals surface area contributed by atoms with Crippen LogP contribution in [0.4, 0.5) is 0 Å². The molecule has 0 rings (SSSR count). The molecule has 0 aromatic rings. The monoisotopic (exact) mass is 263 g/mol. The van der Waals surface area contributed by atoms with Crippen molar-refractivity contribution in [3.63, 3.8) is 0 Å². The summed E-state index contributed by atoms with van der Waals surface area (Å²) in [6.45, 7) is 5.93. The van der Waals surface area contributed by atoms with Crippen molar-refractivity contribution in [2.24, 2.45) is 5.73 Å². The van der Waals surface area contributed by atoms with Crippen LogP contribution in [-0.4, -0.2) is 58.8 Å². The van der Waals surface area contributed by atoms with E-state index >= 15 is 0 Å². The van der Waals surface area contributed by atoms with Crippen LogP contribution in [0.2, 0.25) is 0 Å². The minimum absolute atomic E-state index is 0.0606. The summed E-state index contributed by atoms with van der Waals surface area (Å²) in [7, 11) is 0. The topological polar surface area (TPSA) is 80.0 Å². The van der Waals surface area contributed by atoms with E-state index in [1.807, 2.05) is 0 Å². The summed E-state index contributed by atoms with van der Waals surface area (Å²) < 4.78 is 20.8. The lowest BCUT2D eigenvalue weighted by Crippen LogP contribution is -2.20. The van der Waals surface area contributed by atoms with E-state index in [0.717, 1.165) is 19.4 Å². The lowest BCUT2D eigenvalue weighted by atomic mass is 10.4. The number of rotatable bonds is 14. The molecule has 6 heteroatoms. The predicted octanol–water partition coefficient (Wildman–Crippen LogP) is 0.338. The zero-order valence-electron chi connectivity index (χ0n) is 11.2. The van der Waals surface area contributed by atoms with Gasteiger partial charge in [-0.05, 0) is 6.42 Å². The Bertz CT molecular complexity index is 189. The lowest BCUT2D eigenvalue weighted by Gasteiger charge is -2.06. The second-order valence-corrected chi connectivity index (χ2v) is 3.71. The van der Waals surface area contributed by atoms with Gasteiger partial charge in [0.2, 0.25) is 5.91 Å². The highest BCUT2D eigenvalue weighted by molar-refractivity contribution is 5.74. The van der Waals surface area contributed by atoms with Gasteiger partial charge in [0.15, 0.2) is 0 Å². The molecular formula is C12H25NO5. The number of hydrogen-bond acceptors (Lipinski definition) is 5. The fourth-order valence-electron chi connectivity index (χ4n) is 1.08. The maximum Gasteiger partial charge on any atom is 0.243 e. The van der Waals surface area contributed by atoms with Crippen LogP contribution in [0.15, 0.2) is 0 Å². The van der Waals surface area contributed by atoms with Gasteiger partial charge in [0, 0.05) is 6.61 Å². The van der Waals surface area contributed by atoms with E-state index < -0.39 is 5.91 Å². The zero-order valence-corrected chi connectivity index (χ0v) is 11.2. The van der Waals surface area contributed by atoms with Gasteiger partial charge in [0.25, 0.3) is 0 Å². The molecule has 0 bridgehead atoms. The van der Waals surface area contributed by atoms with Crippen molar-refractivity contribution in [3.8, 4) is 0 Å². The van der Waals surface area contributed by atoms with Crippen LogP contribution in [0.25, 0.3) is 0 Å². The maximum atomic E-state index is 10.3. The SMILES string of the molecule is CCCCOCCOCCOCCOCC(N)=O. The van der Waals surface area contributed by atoms with Gasteiger partial charge in [-0.15, -0.1) is 0 Å². The van der Waals surface area contributed by atoms with Crippen LogP contribution < -0.4 is 5.73 Å². The molecule has 0 aromatic carbocycles. The molecule has 0 aromatic heterocycles. The molecule has 0 spiro atoms. The molecule has 0 saturated carbocycles. The molecule has 108 valence electrons. The van der Waals surface area contributed by atoms with E-state index in [-0.39, 0.29) is 6.61 Å². The number of hydrogen-bond donors (Lipinski definition) is 1. The summed E-state index contributed by atoms with van der Waals surface area (Å²) in [6, 6.07) is 0. The Morgan fingerprint density at radius 1 is 0.833 bits per heavy atom. The molecule has 0 aliphatic rings. The van der Waals surface area contributed by atoms with Crippen molar-refractivity contribution in [1.82, 2.24) is 0 Å². The average Bonchev–Trinajstić information content (AvgIpc) is 2.34. The summed E-state index contributed by atoms with van der Waals surface area (Å²) >= 11 is 0. The van der Waals surface area contributed by atoms with Crippen LogP contribution in [0, 0.1) is 0 Å². The molecule has 0 heterocycles. The largest absolute Gasteiger partial charge is 0.379 e. The van der Waals surface area contributed by atoms with E-state index in [0.29, 0.717) is 39.6 Å². The summed E-state index contributed by atoms with van der Waals surface area (Å²) in [4.78, 5) is 10.3. The van der Waals surface area contributed by atoms with E-state index in [9.17, 15) is 4.79 Å². The van der Waals surface area contributed by atoms with Gasteiger partial charge in [-0.2, -0.15) is 0 Å². The minimum atomic E-state index is -0.471. The Hall–Kier alpha value is -0.690. The Morgan fingerprint density at radius 3 is 1.72 bits per heavy atom. The molecular weight excluding hydrogens is 238 g/mol. The van der Waals surface area contributed by atoms with E-state index in [1.54, 1.807) is 0 Å². The van der Waals surface area contributed by atoms with Gasteiger partial charge in [-0.1, -0.05) is 13.3 Å². The highest BCUT2D eigenvalue weighted by atomic mass is 16.6. The molecule has 6 nitrogen and oxygen atoms in total. The Labute approximate surface area is 109 Å². The molecule has 1 amide bonds. The number of nitrogens with two attached hydrogens (primary N) is 1. The Balaban J connectivity index is 2.92. The van der Waals surface area contributed by atoms with Crippen molar-refractivity contribution in [2.75, 3.05) is 52.9 Å². The van der Waals surface area contributed by atoms with Crippen molar-refractivity contribution in [3.05, 3.63) is 0 Å². The van der Waals surface area contributed by atoms with Crippen LogP contribution >= 0.6 is 0 Å². The van der Waals surface area contributed by atoms with Crippen LogP contribution in [0.3, 0.4) is 0 Å². The van der Waals surface area contributed by atoms with Gasteiger partial charge >= 0.3 is 0 Å². The second-order valence-electron chi connectivity index (χ2n) is 3.71. The van der Waals surface area contributed by atoms with Gasteiger partial charge in [-0.25, -0.2) is 0 Å². The smallest absolute Gasteiger partial charge is 0.243 e. The summed E-state index contributed by atoms with van der Waals surface area (Å²) in [5.41, 5.74) is 4.90. The third-order valence-corrected chi connectivity index (χ3v) is 2.00. The highest BCUT2D eigenvalue weighted by Crippen LogP contribution is 1.88. The summed E-state index contributed by atoms with van der Waals surface area (Å²) in [5.74, 6) is -0.471. The first-order valence-electron chi connectivity index (χ1n) is 6.36. The fourth-order valence-corrected chi connectivity index (χ4v) is 1.08. The number of carbonyl (C=O) groups excluding carboxylic acids is 1. The third kappa shape index (κ3) is 15.3. The van der Waals surface area contributed by atoms with Gasteiger partial charge in [0.1, 0.15) is 6.61 Å². The minimum Gasteiger partial charge on any atom is -0.379 e. The molecule has 0 saturated heterocycles. The van der Waals surface area contributed by atoms with Gasteiger partial charge in [0.05, 0.1) is 39.6 Å². The number of amides is 1. The van der Waals surface area contributed by atoms with E-state index in [2.05, 4.69) is 6.92 Å². The lowest BCUT2D eigenvalue weighted by molar-refractivity contribution is -0.123. The fraction of sp³-hybridized carbons (Fsp3) is 0.917. The first-order valence-corrected chi connectivity index (χ1v) is 6.36. The molecule has 0 aliphatic carbocycles. The quantitative estimate of drug-likeness (QED) is 0.457. The Morgan fingerprint density at radius 2 is 1.28 bits per heavy atom. The standard InChI is InChI=1S/C12H25NO5/c1-2-3-4-15-5-6-16-7-8-17-9-10-18-11-12(13)14/h2-11H2,1H3,(H2,13,14). The van der Waals surface area contributed by atoms with Crippen molar-refractivity contribution in [2.45, 2.75) is 19.8 Å². The van der Waals surface area contributed by atoms with Crippen LogP contribution in [0.5, 0.6) is 0 Å². The molecule has 0 atom stereocenters. The van der Waals surface area contributed by atoms with Crippen LogP contribution in [0.1, 0.15) is 19.8 Å². The molecule has 2 N–H and O–H groups in total. The number of primary amides is 1. The number of ether oxygens (including phenoxy) is 4. The molecule has 0 radical (unpaired) electrons. The summed E-state index contributed by atoms with van der Waals surface area (Å²) in [6.07, 6.45) is 2.24. The second kappa shape index (κ2) is 14.4. The van der Waals surface area contributed by atoms with Crippen molar-refractivity contribution >= 4 is 5.91 Å². The van der Waals surface area contributed by atoms with Crippen molar-refractivity contribution < 1.29 is 23.7 Å². The molecule has 18 heavy (non-hydrogen) atoms. The average molecular weight is 263 g/mol. The normalized spacial score (nSPS) is 10.7. The highest BCUT2D eigenvalue weighted by Gasteiger charge is 1.94. The first kappa shape index (κ1) is 17.3. The molecule has 0 fully saturated rings. The third-order valence-electron chi connectivity index (χ3n) is 2.00. The molecule has 0 unspecified atom stereocenters. The van der Waals surface area contributed by atoms with Crippen LogP contribution in [-0.2, 0) is 23.7 Å².